The van der Waals surface area contributed by atoms with E-state index in [0.717, 1.165) is 27.7 Å². The van der Waals surface area contributed by atoms with E-state index in [4.69, 9.17) is 0 Å². The number of rotatable bonds is 5. The molecule has 0 unspecified atom stereocenters. The lowest BCUT2D eigenvalue weighted by atomic mass is 10.2. The molecule has 0 aliphatic heterocycles. The molecule has 4 aromatic heterocycles. The second-order valence-electron chi connectivity index (χ2n) is 5.10. The first-order valence-electron chi connectivity index (χ1n) is 7.36. The van der Waals surface area contributed by atoms with Crippen LogP contribution in [0.5, 0.6) is 0 Å². The third-order valence-corrected chi connectivity index (χ3v) is 5.00. The summed E-state index contributed by atoms with van der Waals surface area (Å²) in [6, 6.07) is 3.70. The molecule has 0 radical (unpaired) electrons. The maximum absolute atomic E-state index is 12.3. The minimum absolute atomic E-state index is 0.219. The quantitative estimate of drug-likeness (QED) is 0.564. The van der Waals surface area contributed by atoms with E-state index >= 15 is 0 Å². The molecule has 0 aliphatic rings. The van der Waals surface area contributed by atoms with Gasteiger partial charge in [-0.2, -0.15) is 16.4 Å². The molecule has 0 bridgehead atoms. The molecular formula is C16H12N6OS2. The number of carbonyl (C=O) groups excluding carboxylic acids is 1. The van der Waals surface area contributed by atoms with E-state index in [9.17, 15) is 4.79 Å². The Kier molecular flexibility index (Phi) is 4.32. The van der Waals surface area contributed by atoms with Crippen LogP contribution in [0.3, 0.4) is 0 Å². The van der Waals surface area contributed by atoms with Crippen molar-refractivity contribution in [2.45, 2.75) is 6.54 Å². The number of carbonyl (C=O) groups is 1. The second-order valence-corrected chi connectivity index (χ2v) is 6.73. The van der Waals surface area contributed by atoms with Crippen molar-refractivity contribution in [3.8, 4) is 22.0 Å². The largest absolute Gasteiger partial charge is 0.345 e. The SMILES string of the molecule is O=C(NCc1csc(-c2cnccn2)n1)c1cc(-c2ccsc2)n[nH]1. The molecular weight excluding hydrogens is 356 g/mol. The predicted molar refractivity (Wildman–Crippen MR) is 96.2 cm³/mol. The summed E-state index contributed by atoms with van der Waals surface area (Å²) in [7, 11) is 0. The van der Waals surface area contributed by atoms with Gasteiger partial charge in [0.2, 0.25) is 0 Å². The maximum atomic E-state index is 12.3. The van der Waals surface area contributed by atoms with Crippen LogP contribution < -0.4 is 5.32 Å². The van der Waals surface area contributed by atoms with Crippen molar-refractivity contribution >= 4 is 28.6 Å². The maximum Gasteiger partial charge on any atom is 0.269 e. The number of amides is 1. The van der Waals surface area contributed by atoms with Crippen LogP contribution in [0.25, 0.3) is 22.0 Å². The number of thiophene rings is 1. The van der Waals surface area contributed by atoms with Crippen LogP contribution in [0.4, 0.5) is 0 Å². The second kappa shape index (κ2) is 6.91. The summed E-state index contributed by atoms with van der Waals surface area (Å²) in [4.78, 5) is 25.0. The minimum atomic E-state index is -0.219. The Hall–Kier alpha value is -2.91. The summed E-state index contributed by atoms with van der Waals surface area (Å²) in [6.07, 6.45) is 4.91. The van der Waals surface area contributed by atoms with E-state index in [0.29, 0.717) is 12.2 Å². The van der Waals surface area contributed by atoms with Crippen molar-refractivity contribution < 1.29 is 4.79 Å². The molecule has 25 heavy (non-hydrogen) atoms. The summed E-state index contributed by atoms with van der Waals surface area (Å²) in [5, 5.41) is 16.4. The van der Waals surface area contributed by atoms with Crippen LogP contribution in [0.15, 0.2) is 46.9 Å². The summed E-state index contributed by atoms with van der Waals surface area (Å²) >= 11 is 3.06. The van der Waals surface area contributed by atoms with E-state index in [2.05, 4.69) is 30.5 Å². The van der Waals surface area contributed by atoms with Gasteiger partial charge in [0.15, 0.2) is 0 Å². The highest BCUT2D eigenvalue weighted by Gasteiger charge is 2.12. The molecule has 0 saturated heterocycles. The van der Waals surface area contributed by atoms with Crippen LogP contribution in [0.1, 0.15) is 16.2 Å². The zero-order valence-electron chi connectivity index (χ0n) is 12.8. The van der Waals surface area contributed by atoms with Gasteiger partial charge in [-0.15, -0.1) is 11.3 Å². The van der Waals surface area contributed by atoms with E-state index in [1.807, 2.05) is 22.2 Å². The van der Waals surface area contributed by atoms with Crippen molar-refractivity contribution in [2.75, 3.05) is 0 Å². The summed E-state index contributed by atoms with van der Waals surface area (Å²) in [5.41, 5.74) is 3.67. The monoisotopic (exact) mass is 368 g/mol. The smallest absolute Gasteiger partial charge is 0.269 e. The number of aromatic nitrogens is 5. The van der Waals surface area contributed by atoms with E-state index in [1.165, 1.54) is 11.3 Å². The first-order valence-corrected chi connectivity index (χ1v) is 9.19. The van der Waals surface area contributed by atoms with Crippen LogP contribution in [0.2, 0.25) is 0 Å². The molecule has 4 heterocycles. The molecule has 0 saturated carbocycles. The third kappa shape index (κ3) is 3.47. The molecule has 4 rings (SSSR count). The Bertz CT molecular complexity index is 977. The van der Waals surface area contributed by atoms with Crippen molar-refractivity contribution in [3.05, 3.63) is 58.3 Å². The fourth-order valence-electron chi connectivity index (χ4n) is 2.18. The Balaban J connectivity index is 1.40. The summed E-state index contributed by atoms with van der Waals surface area (Å²) in [6.45, 7) is 0.336. The van der Waals surface area contributed by atoms with Crippen LogP contribution in [-0.4, -0.2) is 31.1 Å². The molecule has 9 heteroatoms. The van der Waals surface area contributed by atoms with Crippen molar-refractivity contribution in [1.82, 2.24) is 30.5 Å². The van der Waals surface area contributed by atoms with E-state index in [-0.39, 0.29) is 5.91 Å². The fourth-order valence-corrected chi connectivity index (χ4v) is 3.61. The van der Waals surface area contributed by atoms with Gasteiger partial charge in [0.05, 0.1) is 24.1 Å². The Morgan fingerprint density at radius 1 is 1.24 bits per heavy atom. The zero-order chi connectivity index (χ0) is 17.1. The Morgan fingerprint density at radius 3 is 3.00 bits per heavy atom. The lowest BCUT2D eigenvalue weighted by Gasteiger charge is -2.00. The molecule has 124 valence electrons. The molecule has 2 N–H and O–H groups in total. The number of hydrogen-bond donors (Lipinski definition) is 2. The molecule has 0 aromatic carbocycles. The zero-order valence-corrected chi connectivity index (χ0v) is 14.5. The average molecular weight is 368 g/mol. The predicted octanol–water partition coefficient (Wildman–Crippen LogP) is 2.98. The number of nitrogens with one attached hydrogen (secondary N) is 2. The molecule has 0 atom stereocenters. The third-order valence-electron chi connectivity index (χ3n) is 3.40. The van der Waals surface area contributed by atoms with Crippen molar-refractivity contribution in [1.29, 1.82) is 0 Å². The van der Waals surface area contributed by atoms with Gasteiger partial charge in [-0.1, -0.05) is 0 Å². The molecule has 7 nitrogen and oxygen atoms in total. The van der Waals surface area contributed by atoms with Gasteiger partial charge < -0.3 is 5.32 Å². The van der Waals surface area contributed by atoms with E-state index < -0.39 is 0 Å². The first kappa shape index (κ1) is 15.6. The molecule has 1 amide bonds. The van der Waals surface area contributed by atoms with Gasteiger partial charge in [-0.3, -0.25) is 19.9 Å². The first-order chi connectivity index (χ1) is 12.3. The minimum Gasteiger partial charge on any atom is -0.345 e. The van der Waals surface area contributed by atoms with Gasteiger partial charge in [-0.25, -0.2) is 4.98 Å². The number of hydrogen-bond acceptors (Lipinski definition) is 7. The normalized spacial score (nSPS) is 10.7. The lowest BCUT2D eigenvalue weighted by molar-refractivity contribution is 0.0945. The highest BCUT2D eigenvalue weighted by Crippen LogP contribution is 2.21. The standard InChI is InChI=1S/C16H12N6OS2/c23-15(13-5-12(21-22-13)10-1-4-24-8-10)19-6-11-9-25-16(20-11)14-7-17-2-3-18-14/h1-5,7-9H,6H2,(H,19,23)(H,21,22). The fraction of sp³-hybridized carbons (Fsp3) is 0.0625. The Morgan fingerprint density at radius 2 is 2.20 bits per heavy atom. The van der Waals surface area contributed by atoms with Gasteiger partial charge >= 0.3 is 0 Å². The topological polar surface area (TPSA) is 96.5 Å². The van der Waals surface area contributed by atoms with E-state index in [1.54, 1.807) is 36.0 Å². The Labute approximate surface area is 150 Å². The number of aromatic amines is 1. The number of nitrogens with zero attached hydrogens (tertiary/aromatic N) is 4. The van der Waals surface area contributed by atoms with Gasteiger partial charge in [-0.05, 0) is 17.5 Å². The van der Waals surface area contributed by atoms with Crippen LogP contribution >= 0.6 is 22.7 Å². The van der Waals surface area contributed by atoms with Gasteiger partial charge in [0.1, 0.15) is 16.4 Å². The van der Waals surface area contributed by atoms with Gasteiger partial charge in [0, 0.05) is 28.7 Å². The van der Waals surface area contributed by atoms with Gasteiger partial charge in [0.25, 0.3) is 5.91 Å². The number of H-pyrrole nitrogens is 1. The molecule has 0 fully saturated rings. The number of thiazole rings is 1. The highest BCUT2D eigenvalue weighted by molar-refractivity contribution is 7.13. The molecule has 0 spiro atoms. The van der Waals surface area contributed by atoms with Crippen LogP contribution in [-0.2, 0) is 6.54 Å². The average Bonchev–Trinajstić information content (AvgIpc) is 3.41. The lowest BCUT2D eigenvalue weighted by Crippen LogP contribution is -2.23. The summed E-state index contributed by atoms with van der Waals surface area (Å²) in [5.74, 6) is -0.219. The highest BCUT2D eigenvalue weighted by atomic mass is 32.1. The van der Waals surface area contributed by atoms with Crippen LogP contribution in [0, 0.1) is 0 Å². The van der Waals surface area contributed by atoms with Crippen molar-refractivity contribution in [2.24, 2.45) is 0 Å². The molecule has 4 aromatic rings. The summed E-state index contributed by atoms with van der Waals surface area (Å²) < 4.78 is 0. The molecule has 0 aliphatic carbocycles. The van der Waals surface area contributed by atoms with Crippen molar-refractivity contribution in [3.63, 3.8) is 0 Å².